The van der Waals surface area contributed by atoms with Crippen molar-refractivity contribution < 1.29 is 24.5 Å². The van der Waals surface area contributed by atoms with Gasteiger partial charge in [-0.25, -0.2) is 0 Å². The molecule has 3 N–H and O–H groups in total. The summed E-state index contributed by atoms with van der Waals surface area (Å²) in [7, 11) is 0. The largest absolute Gasteiger partial charge is 0.393 e. The van der Waals surface area contributed by atoms with Gasteiger partial charge in [-0.15, -0.1) is 4.33 Å². The highest BCUT2D eigenvalue weighted by Gasteiger charge is 2.53. The molecule has 3 rings (SSSR count). The lowest BCUT2D eigenvalue weighted by molar-refractivity contribution is -0.0828. The highest BCUT2D eigenvalue weighted by Crippen LogP contribution is 2.59. The van der Waals surface area contributed by atoms with Crippen LogP contribution in [0.15, 0.2) is 30.3 Å². The summed E-state index contributed by atoms with van der Waals surface area (Å²) in [6.45, 7) is 7.83. The standard InChI is InChI=1S/C24H38O5S/c1-16(18-12-13-19-20(25)11-8-14-24(18,19)4)21(15-22(26)23(2,3)27)30-29-28-17-9-6-5-7-10-17/h5-7,9-10,16,18-22,25-27H,8,11-15H2,1-4H3/t16-,18+,19?,20-,21?,22?,24+/m0/s1. The van der Waals surface area contributed by atoms with Crippen LogP contribution in [0.3, 0.4) is 0 Å². The van der Waals surface area contributed by atoms with Crippen molar-refractivity contribution in [1.82, 2.24) is 0 Å². The molecule has 7 atom stereocenters. The molecule has 0 aromatic heterocycles. The SMILES string of the molecule is C[C@H](C(CC(O)C(C)(C)O)SOOc1ccccc1)[C@H]1CCC2[C@@H](O)CCC[C@@]21C. The Morgan fingerprint density at radius 1 is 1.20 bits per heavy atom. The Labute approximate surface area is 185 Å². The average Bonchev–Trinajstić information content (AvgIpc) is 3.05. The van der Waals surface area contributed by atoms with E-state index < -0.39 is 11.7 Å². The molecule has 2 fully saturated rings. The fourth-order valence-electron chi connectivity index (χ4n) is 5.75. The monoisotopic (exact) mass is 438 g/mol. The van der Waals surface area contributed by atoms with Gasteiger partial charge in [-0.1, -0.05) is 38.5 Å². The van der Waals surface area contributed by atoms with E-state index in [1.165, 1.54) is 12.0 Å². The van der Waals surface area contributed by atoms with E-state index in [1.807, 2.05) is 30.3 Å². The van der Waals surface area contributed by atoms with Crippen LogP contribution in [-0.2, 0) is 4.33 Å². The van der Waals surface area contributed by atoms with Crippen molar-refractivity contribution in [1.29, 1.82) is 0 Å². The molecule has 0 bridgehead atoms. The highest BCUT2D eigenvalue weighted by molar-refractivity contribution is 7.95. The summed E-state index contributed by atoms with van der Waals surface area (Å²) >= 11 is 1.24. The molecule has 30 heavy (non-hydrogen) atoms. The average molecular weight is 439 g/mol. The van der Waals surface area contributed by atoms with Crippen LogP contribution in [0.4, 0.5) is 0 Å². The highest BCUT2D eigenvalue weighted by atomic mass is 32.2. The van der Waals surface area contributed by atoms with Crippen molar-refractivity contribution in [2.45, 2.75) is 89.3 Å². The molecule has 3 unspecified atom stereocenters. The van der Waals surface area contributed by atoms with Gasteiger partial charge in [0.25, 0.3) is 0 Å². The Balaban J connectivity index is 1.71. The molecule has 6 heteroatoms. The van der Waals surface area contributed by atoms with E-state index in [-0.39, 0.29) is 22.7 Å². The second kappa shape index (κ2) is 9.78. The zero-order valence-corrected chi connectivity index (χ0v) is 19.5. The first kappa shape index (κ1) is 23.9. The molecular weight excluding hydrogens is 400 g/mol. The predicted molar refractivity (Wildman–Crippen MR) is 120 cm³/mol. The van der Waals surface area contributed by atoms with Gasteiger partial charge in [-0.3, -0.25) is 0 Å². The smallest absolute Gasteiger partial charge is 0.166 e. The Bertz CT molecular complexity index is 663. The Morgan fingerprint density at radius 2 is 1.90 bits per heavy atom. The lowest BCUT2D eigenvalue weighted by Crippen LogP contribution is -2.44. The molecule has 1 aromatic carbocycles. The van der Waals surface area contributed by atoms with Gasteiger partial charge in [-0.05, 0) is 81.3 Å². The normalized spacial score (nSPS) is 32.3. The molecule has 0 heterocycles. The van der Waals surface area contributed by atoms with Crippen molar-refractivity contribution in [2.24, 2.45) is 23.2 Å². The minimum atomic E-state index is -1.18. The quantitative estimate of drug-likeness (QED) is 0.293. The molecule has 0 spiro atoms. The second-order valence-electron chi connectivity index (χ2n) is 10.1. The second-order valence-corrected chi connectivity index (χ2v) is 11.1. The van der Waals surface area contributed by atoms with E-state index in [1.54, 1.807) is 13.8 Å². The number of aliphatic hydroxyl groups excluding tert-OH is 2. The Kier molecular flexibility index (Phi) is 7.78. The van der Waals surface area contributed by atoms with E-state index in [4.69, 9.17) is 9.22 Å². The topological polar surface area (TPSA) is 79.2 Å². The van der Waals surface area contributed by atoms with Gasteiger partial charge >= 0.3 is 0 Å². The van der Waals surface area contributed by atoms with Gasteiger partial charge < -0.3 is 20.2 Å². The third-order valence-electron chi connectivity index (χ3n) is 7.69. The molecule has 2 aliphatic carbocycles. The van der Waals surface area contributed by atoms with Crippen LogP contribution in [0.25, 0.3) is 0 Å². The first-order valence-corrected chi connectivity index (χ1v) is 12.1. The lowest BCUT2D eigenvalue weighted by atomic mass is 9.61. The molecule has 0 saturated heterocycles. The summed E-state index contributed by atoms with van der Waals surface area (Å²) in [5, 5.41) is 31.4. The number of hydrogen-bond acceptors (Lipinski definition) is 6. The number of aliphatic hydroxyl groups is 3. The third-order valence-corrected chi connectivity index (χ3v) is 8.71. The van der Waals surface area contributed by atoms with Crippen LogP contribution in [-0.4, -0.2) is 38.4 Å². The van der Waals surface area contributed by atoms with Crippen LogP contribution in [0.2, 0.25) is 0 Å². The zero-order valence-electron chi connectivity index (χ0n) is 18.7. The van der Waals surface area contributed by atoms with Gasteiger partial charge in [0.1, 0.15) is 0 Å². The first-order chi connectivity index (χ1) is 14.1. The molecule has 0 aliphatic heterocycles. The van der Waals surface area contributed by atoms with Crippen molar-refractivity contribution >= 4 is 12.0 Å². The van der Waals surface area contributed by atoms with Gasteiger partial charge in [0.15, 0.2) is 5.75 Å². The number of fused-ring (bicyclic) bond motifs is 1. The number of rotatable bonds is 9. The summed E-state index contributed by atoms with van der Waals surface area (Å²) in [6, 6.07) is 9.35. The van der Waals surface area contributed by atoms with Crippen LogP contribution in [0, 0.1) is 23.2 Å². The molecule has 5 nitrogen and oxygen atoms in total. The van der Waals surface area contributed by atoms with Crippen molar-refractivity contribution in [3.05, 3.63) is 30.3 Å². The molecule has 1 aromatic rings. The summed E-state index contributed by atoms with van der Waals surface area (Å²) in [5.74, 6) is 1.66. The van der Waals surface area contributed by atoms with Crippen molar-refractivity contribution in [2.75, 3.05) is 0 Å². The maximum Gasteiger partial charge on any atom is 0.166 e. The minimum Gasteiger partial charge on any atom is -0.393 e. The number of benzene rings is 1. The van der Waals surface area contributed by atoms with Crippen LogP contribution in [0.1, 0.15) is 66.2 Å². The Hall–Kier alpha value is -0.790. The molecule has 2 saturated carbocycles. The third kappa shape index (κ3) is 5.33. The lowest BCUT2D eigenvalue weighted by Gasteiger charge is -2.46. The summed E-state index contributed by atoms with van der Waals surface area (Å²) in [6.07, 6.45) is 4.59. The van der Waals surface area contributed by atoms with E-state index in [9.17, 15) is 15.3 Å². The van der Waals surface area contributed by atoms with Gasteiger partial charge in [-0.2, -0.15) is 0 Å². The van der Waals surface area contributed by atoms with E-state index in [0.717, 1.165) is 32.1 Å². The zero-order chi connectivity index (χ0) is 21.9. The molecule has 0 radical (unpaired) electrons. The van der Waals surface area contributed by atoms with Crippen LogP contribution < -0.4 is 4.89 Å². The summed E-state index contributed by atoms with van der Waals surface area (Å²) in [5.41, 5.74) is -1.07. The fraction of sp³-hybridized carbons (Fsp3) is 0.750. The predicted octanol–water partition coefficient (Wildman–Crippen LogP) is 4.75. The maximum absolute atomic E-state index is 10.6. The van der Waals surface area contributed by atoms with E-state index in [2.05, 4.69) is 13.8 Å². The van der Waals surface area contributed by atoms with Crippen LogP contribution in [0.5, 0.6) is 5.75 Å². The van der Waals surface area contributed by atoms with Crippen molar-refractivity contribution in [3.8, 4) is 5.75 Å². The first-order valence-electron chi connectivity index (χ1n) is 11.3. The van der Waals surface area contributed by atoms with Crippen molar-refractivity contribution in [3.63, 3.8) is 0 Å². The maximum atomic E-state index is 10.6. The molecule has 170 valence electrons. The molecular formula is C24H38O5S. The van der Waals surface area contributed by atoms with Crippen LogP contribution >= 0.6 is 12.0 Å². The van der Waals surface area contributed by atoms with E-state index >= 15 is 0 Å². The summed E-state index contributed by atoms with van der Waals surface area (Å²) in [4.78, 5) is 5.44. The van der Waals surface area contributed by atoms with Gasteiger partial charge in [0.2, 0.25) is 0 Å². The van der Waals surface area contributed by atoms with E-state index in [0.29, 0.717) is 24.0 Å². The number of hydrogen-bond donors (Lipinski definition) is 3. The Morgan fingerprint density at radius 3 is 2.57 bits per heavy atom. The molecule has 0 amide bonds. The molecule has 2 aliphatic rings. The summed E-state index contributed by atoms with van der Waals surface area (Å²) < 4.78 is 5.54. The van der Waals surface area contributed by atoms with Gasteiger partial charge in [0.05, 0.1) is 17.8 Å². The fourth-order valence-corrected chi connectivity index (χ4v) is 6.59. The minimum absolute atomic E-state index is 0.0465. The number of para-hydroxylation sites is 1. The van der Waals surface area contributed by atoms with Gasteiger partial charge in [0, 0.05) is 17.3 Å².